The number of carbonyl (C=O) groups excluding carboxylic acids is 2. The molecule has 0 bridgehead atoms. The van der Waals surface area contributed by atoms with Crippen LogP contribution in [0, 0.1) is 5.92 Å². The maximum atomic E-state index is 12.2. The number of carbonyl (C=O) groups is 2. The number of ketones is 1. The van der Waals surface area contributed by atoms with E-state index in [0.29, 0.717) is 37.8 Å². The van der Waals surface area contributed by atoms with Crippen molar-refractivity contribution in [1.82, 2.24) is 0 Å². The Morgan fingerprint density at radius 3 is 2.64 bits per heavy atom. The van der Waals surface area contributed by atoms with Crippen LogP contribution in [0.3, 0.4) is 0 Å². The van der Waals surface area contributed by atoms with Crippen LogP contribution >= 0.6 is 0 Å². The number of Topliss-reactive ketones (excluding diaryl/α,β-unsaturated/α-hetero) is 1. The molecular weight excluding hydrogens is 280 g/mol. The molecule has 0 aliphatic carbocycles. The van der Waals surface area contributed by atoms with E-state index in [1.54, 1.807) is 0 Å². The van der Waals surface area contributed by atoms with E-state index in [0.717, 1.165) is 38.5 Å². The normalized spacial score (nSPS) is 35.5. The Morgan fingerprint density at radius 1 is 1.09 bits per heavy atom. The van der Waals surface area contributed by atoms with Crippen molar-refractivity contribution in [2.45, 2.75) is 89.8 Å². The molecule has 0 radical (unpaired) electrons. The highest BCUT2D eigenvalue weighted by atomic mass is 16.6. The van der Waals surface area contributed by atoms with Gasteiger partial charge in [0.2, 0.25) is 0 Å². The van der Waals surface area contributed by atoms with Gasteiger partial charge in [0, 0.05) is 25.2 Å². The lowest BCUT2D eigenvalue weighted by Gasteiger charge is -2.14. The molecule has 0 spiro atoms. The van der Waals surface area contributed by atoms with Crippen molar-refractivity contribution in [3.63, 3.8) is 0 Å². The van der Waals surface area contributed by atoms with Gasteiger partial charge in [-0.25, -0.2) is 0 Å². The Bertz CT molecular complexity index is 393. The van der Waals surface area contributed by atoms with E-state index in [2.05, 4.69) is 13.8 Å². The van der Waals surface area contributed by atoms with E-state index < -0.39 is 0 Å². The monoisotopic (exact) mass is 310 g/mol. The summed E-state index contributed by atoms with van der Waals surface area (Å²) in [7, 11) is 0. The summed E-state index contributed by atoms with van der Waals surface area (Å²) in [5.41, 5.74) is -0.0841. The molecule has 4 heteroatoms. The first-order valence-electron chi connectivity index (χ1n) is 8.91. The van der Waals surface area contributed by atoms with E-state index >= 15 is 0 Å². The van der Waals surface area contributed by atoms with Crippen molar-refractivity contribution in [2.75, 3.05) is 6.61 Å². The van der Waals surface area contributed by atoms with Crippen molar-refractivity contribution >= 4 is 11.8 Å². The number of cyclic esters (lactones) is 1. The molecule has 0 saturated carbocycles. The van der Waals surface area contributed by atoms with Gasteiger partial charge in [-0.2, -0.15) is 0 Å². The van der Waals surface area contributed by atoms with Crippen LogP contribution in [-0.4, -0.2) is 30.1 Å². The van der Waals surface area contributed by atoms with Gasteiger partial charge in [-0.1, -0.05) is 26.2 Å². The Kier molecular flexibility index (Phi) is 6.42. The fourth-order valence-corrected chi connectivity index (χ4v) is 3.42. The second-order valence-corrected chi connectivity index (χ2v) is 6.95. The molecule has 2 aliphatic heterocycles. The summed E-state index contributed by atoms with van der Waals surface area (Å²) in [6.07, 6.45) is 9.01. The molecule has 3 unspecified atom stereocenters. The highest BCUT2D eigenvalue weighted by molar-refractivity contribution is 5.81. The van der Waals surface area contributed by atoms with Gasteiger partial charge in [0.05, 0.1) is 18.3 Å². The lowest BCUT2D eigenvalue weighted by Crippen LogP contribution is -2.17. The Balaban J connectivity index is 1.84. The van der Waals surface area contributed by atoms with Crippen LogP contribution < -0.4 is 0 Å². The van der Waals surface area contributed by atoms with Crippen molar-refractivity contribution in [3.05, 3.63) is 0 Å². The van der Waals surface area contributed by atoms with Gasteiger partial charge in [0.1, 0.15) is 5.78 Å². The lowest BCUT2D eigenvalue weighted by molar-refractivity contribution is -0.144. The van der Waals surface area contributed by atoms with Gasteiger partial charge in [-0.05, 0) is 32.6 Å². The van der Waals surface area contributed by atoms with Crippen LogP contribution in [0.1, 0.15) is 78.1 Å². The molecule has 3 atom stereocenters. The molecule has 22 heavy (non-hydrogen) atoms. The van der Waals surface area contributed by atoms with E-state index in [1.165, 1.54) is 6.42 Å². The number of ether oxygens (including phenoxy) is 2. The highest BCUT2D eigenvalue weighted by Crippen LogP contribution is 2.42. The van der Waals surface area contributed by atoms with Crippen molar-refractivity contribution in [1.29, 1.82) is 0 Å². The standard InChI is InChI=1S/C18H30O4/c1-3-14-8-5-4-6-10-16-18(2,22-16)12-13-21-17(20)11-7-9-15(14)19/h14,16H,3-13H2,1-2H3. The molecule has 2 rings (SSSR count). The minimum Gasteiger partial charge on any atom is -0.466 e. The van der Waals surface area contributed by atoms with Crippen LogP contribution in [-0.2, 0) is 19.1 Å². The number of esters is 1. The van der Waals surface area contributed by atoms with E-state index in [1.807, 2.05) is 0 Å². The number of fused-ring (bicyclic) bond motifs is 1. The SMILES string of the molecule is CCC1CCCCCC2OC2(C)CCOC(=O)CCCC1=O. The fourth-order valence-electron chi connectivity index (χ4n) is 3.42. The molecule has 0 N–H and O–H groups in total. The molecule has 0 aromatic rings. The molecule has 126 valence electrons. The van der Waals surface area contributed by atoms with Gasteiger partial charge in [0.25, 0.3) is 0 Å². The first-order chi connectivity index (χ1) is 10.5. The third-order valence-electron chi connectivity index (χ3n) is 5.17. The molecule has 2 heterocycles. The largest absolute Gasteiger partial charge is 0.466 e. The molecular formula is C18H30O4. The molecule has 2 saturated heterocycles. The van der Waals surface area contributed by atoms with Gasteiger partial charge < -0.3 is 9.47 Å². The molecule has 0 aromatic carbocycles. The Hall–Kier alpha value is -0.900. The van der Waals surface area contributed by atoms with Crippen molar-refractivity contribution in [2.24, 2.45) is 5.92 Å². The summed E-state index contributed by atoms with van der Waals surface area (Å²) in [6, 6.07) is 0. The predicted molar refractivity (Wildman–Crippen MR) is 84.6 cm³/mol. The van der Waals surface area contributed by atoms with Gasteiger partial charge in [0.15, 0.2) is 0 Å². The van der Waals surface area contributed by atoms with Crippen LogP contribution in [0.5, 0.6) is 0 Å². The van der Waals surface area contributed by atoms with Crippen LogP contribution in [0.25, 0.3) is 0 Å². The van der Waals surface area contributed by atoms with E-state index in [4.69, 9.17) is 9.47 Å². The summed E-state index contributed by atoms with van der Waals surface area (Å²) < 4.78 is 11.0. The molecule has 4 nitrogen and oxygen atoms in total. The van der Waals surface area contributed by atoms with Gasteiger partial charge in [-0.3, -0.25) is 9.59 Å². The quantitative estimate of drug-likeness (QED) is 0.546. The second kappa shape index (κ2) is 8.09. The van der Waals surface area contributed by atoms with Crippen molar-refractivity contribution in [3.8, 4) is 0 Å². The fraction of sp³-hybridized carbons (Fsp3) is 0.889. The van der Waals surface area contributed by atoms with Crippen LogP contribution in [0.2, 0.25) is 0 Å². The maximum Gasteiger partial charge on any atom is 0.305 e. The summed E-state index contributed by atoms with van der Waals surface area (Å²) in [6.45, 7) is 4.62. The average Bonchev–Trinajstić information content (AvgIpc) is 3.12. The topological polar surface area (TPSA) is 55.9 Å². The van der Waals surface area contributed by atoms with E-state index in [-0.39, 0.29) is 17.5 Å². The average molecular weight is 310 g/mol. The minimum absolute atomic E-state index is 0.0841. The summed E-state index contributed by atoms with van der Waals surface area (Å²) in [5.74, 6) is 0.306. The molecule has 2 fully saturated rings. The summed E-state index contributed by atoms with van der Waals surface area (Å²) in [5, 5.41) is 0. The zero-order valence-corrected chi connectivity index (χ0v) is 14.1. The number of hydrogen-bond donors (Lipinski definition) is 0. The number of rotatable bonds is 1. The highest BCUT2D eigenvalue weighted by Gasteiger charge is 2.50. The van der Waals surface area contributed by atoms with Gasteiger partial charge in [-0.15, -0.1) is 0 Å². The smallest absolute Gasteiger partial charge is 0.305 e. The third-order valence-corrected chi connectivity index (χ3v) is 5.17. The Labute approximate surface area is 133 Å². The molecule has 2 aliphatic rings. The Morgan fingerprint density at radius 2 is 1.86 bits per heavy atom. The number of hydrogen-bond acceptors (Lipinski definition) is 4. The van der Waals surface area contributed by atoms with Crippen molar-refractivity contribution < 1.29 is 19.1 Å². The zero-order chi connectivity index (χ0) is 16.0. The first-order valence-corrected chi connectivity index (χ1v) is 8.91. The van der Waals surface area contributed by atoms with E-state index in [9.17, 15) is 9.59 Å². The van der Waals surface area contributed by atoms with Crippen LogP contribution in [0.4, 0.5) is 0 Å². The second-order valence-electron chi connectivity index (χ2n) is 6.95. The predicted octanol–water partition coefficient (Wildman–Crippen LogP) is 3.81. The van der Waals surface area contributed by atoms with Gasteiger partial charge >= 0.3 is 5.97 Å². The first kappa shape index (κ1) is 17.5. The lowest BCUT2D eigenvalue weighted by atomic mass is 9.91. The minimum atomic E-state index is -0.186. The number of epoxide rings is 1. The zero-order valence-electron chi connectivity index (χ0n) is 14.1. The van der Waals surface area contributed by atoms with Crippen LogP contribution in [0.15, 0.2) is 0 Å². The maximum absolute atomic E-state index is 12.2. The molecule has 0 aromatic heterocycles. The summed E-state index contributed by atoms with van der Waals surface area (Å²) >= 11 is 0. The summed E-state index contributed by atoms with van der Waals surface area (Å²) in [4.78, 5) is 23.9. The molecule has 0 amide bonds. The third kappa shape index (κ3) is 5.08.